The highest BCUT2D eigenvalue weighted by Crippen LogP contribution is 2.04. The van der Waals surface area contributed by atoms with E-state index in [0.29, 0.717) is 13.0 Å². The summed E-state index contributed by atoms with van der Waals surface area (Å²) in [5.41, 5.74) is 0.927. The number of hydrogen-bond donors (Lipinski definition) is 2. The number of carbonyl (C=O) groups excluding carboxylic acids is 1. The molecule has 0 aliphatic carbocycles. The van der Waals surface area contributed by atoms with Gasteiger partial charge in [0.05, 0.1) is 0 Å². The molecule has 1 aromatic carbocycles. The summed E-state index contributed by atoms with van der Waals surface area (Å²) in [6, 6.07) is 9.41. The Labute approximate surface area is 112 Å². The Bertz CT molecular complexity index is 405. The lowest BCUT2D eigenvalue weighted by molar-refractivity contribution is -0.137. The minimum absolute atomic E-state index is 0.111. The molecule has 5 heteroatoms. The summed E-state index contributed by atoms with van der Waals surface area (Å²) in [5, 5.41) is 11.2. The van der Waals surface area contributed by atoms with Crippen molar-refractivity contribution in [2.45, 2.75) is 26.4 Å². The monoisotopic (exact) mass is 265 g/mol. The van der Waals surface area contributed by atoms with Gasteiger partial charge in [-0.1, -0.05) is 37.3 Å². The second kappa shape index (κ2) is 8.13. The fraction of sp³-hybridized carbons (Fsp3) is 0.429. The summed E-state index contributed by atoms with van der Waals surface area (Å²) in [6.07, 6.45) is 0.168. The van der Waals surface area contributed by atoms with Crippen LogP contribution >= 0.6 is 0 Å². The van der Waals surface area contributed by atoms with Gasteiger partial charge in [-0.3, -0.25) is 4.79 Å². The van der Waals surface area contributed by atoms with Crippen molar-refractivity contribution in [2.24, 2.45) is 5.92 Å². The van der Waals surface area contributed by atoms with E-state index in [0.717, 1.165) is 5.56 Å². The summed E-state index contributed by atoms with van der Waals surface area (Å²) in [5.74, 6) is -0.709. The van der Waals surface area contributed by atoms with Crippen molar-refractivity contribution in [2.75, 3.05) is 6.54 Å². The molecule has 0 aliphatic heterocycles. The van der Waals surface area contributed by atoms with Crippen LogP contribution in [0.15, 0.2) is 30.3 Å². The number of nitrogens with one attached hydrogen (secondary N) is 1. The minimum atomic E-state index is -0.821. The van der Waals surface area contributed by atoms with Gasteiger partial charge in [-0.25, -0.2) is 4.79 Å². The van der Waals surface area contributed by atoms with Crippen LogP contribution in [0.1, 0.15) is 25.3 Å². The Balaban J connectivity index is 2.16. The van der Waals surface area contributed by atoms with Crippen LogP contribution in [0.5, 0.6) is 0 Å². The summed E-state index contributed by atoms with van der Waals surface area (Å²) < 4.78 is 5.04. The van der Waals surface area contributed by atoms with Gasteiger partial charge in [0, 0.05) is 13.0 Å². The fourth-order valence-corrected chi connectivity index (χ4v) is 1.50. The SMILES string of the molecule is CC(CCC(=O)O)CNC(=O)OCc1ccccc1. The molecule has 0 heterocycles. The Morgan fingerprint density at radius 1 is 1.32 bits per heavy atom. The van der Waals surface area contributed by atoms with Crippen molar-refractivity contribution in [3.05, 3.63) is 35.9 Å². The Hall–Kier alpha value is -2.04. The first-order valence-electron chi connectivity index (χ1n) is 6.24. The fourth-order valence-electron chi connectivity index (χ4n) is 1.50. The van der Waals surface area contributed by atoms with Gasteiger partial charge >= 0.3 is 12.1 Å². The molecule has 104 valence electrons. The molecule has 0 fully saturated rings. The largest absolute Gasteiger partial charge is 0.481 e. The highest BCUT2D eigenvalue weighted by molar-refractivity contribution is 5.67. The van der Waals surface area contributed by atoms with Gasteiger partial charge in [0.2, 0.25) is 0 Å². The predicted octanol–water partition coefficient (Wildman–Crippen LogP) is 2.41. The number of hydrogen-bond acceptors (Lipinski definition) is 3. The van der Waals surface area contributed by atoms with Gasteiger partial charge in [0.1, 0.15) is 6.61 Å². The highest BCUT2D eigenvalue weighted by Gasteiger charge is 2.08. The zero-order valence-corrected chi connectivity index (χ0v) is 11.0. The maximum absolute atomic E-state index is 11.4. The lowest BCUT2D eigenvalue weighted by Gasteiger charge is -2.11. The van der Waals surface area contributed by atoms with E-state index < -0.39 is 12.1 Å². The first-order valence-corrected chi connectivity index (χ1v) is 6.24. The number of ether oxygens (including phenoxy) is 1. The number of carboxylic acid groups (broad SMARTS) is 1. The van der Waals surface area contributed by atoms with E-state index in [1.807, 2.05) is 37.3 Å². The zero-order chi connectivity index (χ0) is 14.1. The van der Waals surface area contributed by atoms with Crippen molar-refractivity contribution < 1.29 is 19.4 Å². The van der Waals surface area contributed by atoms with E-state index in [1.165, 1.54) is 0 Å². The van der Waals surface area contributed by atoms with Crippen LogP contribution < -0.4 is 5.32 Å². The highest BCUT2D eigenvalue weighted by atomic mass is 16.5. The van der Waals surface area contributed by atoms with Crippen molar-refractivity contribution in [1.29, 1.82) is 0 Å². The van der Waals surface area contributed by atoms with E-state index in [9.17, 15) is 9.59 Å². The average Bonchev–Trinajstić information content (AvgIpc) is 2.41. The molecule has 1 unspecified atom stereocenters. The molecule has 2 N–H and O–H groups in total. The maximum atomic E-state index is 11.4. The van der Waals surface area contributed by atoms with Crippen molar-refractivity contribution in [3.63, 3.8) is 0 Å². The molecule has 0 radical (unpaired) electrons. The molecule has 0 saturated heterocycles. The number of carbonyl (C=O) groups is 2. The molecular formula is C14H19NO4. The molecule has 0 aliphatic rings. The van der Waals surface area contributed by atoms with Gasteiger partial charge in [0.15, 0.2) is 0 Å². The van der Waals surface area contributed by atoms with Crippen LogP contribution in [0.25, 0.3) is 0 Å². The van der Waals surface area contributed by atoms with Gasteiger partial charge in [-0.2, -0.15) is 0 Å². The van der Waals surface area contributed by atoms with E-state index in [-0.39, 0.29) is 18.9 Å². The Morgan fingerprint density at radius 3 is 2.63 bits per heavy atom. The van der Waals surface area contributed by atoms with Gasteiger partial charge in [-0.05, 0) is 17.9 Å². The number of rotatable bonds is 7. The zero-order valence-electron chi connectivity index (χ0n) is 11.0. The number of benzene rings is 1. The van der Waals surface area contributed by atoms with E-state index in [1.54, 1.807) is 0 Å². The van der Waals surface area contributed by atoms with Crippen molar-refractivity contribution in [3.8, 4) is 0 Å². The molecule has 0 saturated carbocycles. The second-order valence-electron chi connectivity index (χ2n) is 4.48. The standard InChI is InChI=1S/C14H19NO4/c1-11(7-8-13(16)17)9-15-14(18)19-10-12-5-3-2-4-6-12/h2-6,11H,7-10H2,1H3,(H,15,18)(H,16,17). The third kappa shape index (κ3) is 7.08. The van der Waals surface area contributed by atoms with Crippen molar-refractivity contribution in [1.82, 2.24) is 5.32 Å². The first kappa shape index (κ1) is 15.0. The number of amides is 1. The van der Waals surface area contributed by atoms with E-state index in [2.05, 4.69) is 5.32 Å². The summed E-state index contributed by atoms with van der Waals surface area (Å²) >= 11 is 0. The lowest BCUT2D eigenvalue weighted by Crippen LogP contribution is -2.29. The van der Waals surface area contributed by atoms with Crippen molar-refractivity contribution >= 4 is 12.1 Å². The summed E-state index contributed by atoms with van der Waals surface area (Å²) in [4.78, 5) is 21.8. The third-order valence-electron chi connectivity index (χ3n) is 2.66. The molecule has 0 aromatic heterocycles. The second-order valence-corrected chi connectivity index (χ2v) is 4.48. The third-order valence-corrected chi connectivity index (χ3v) is 2.66. The molecule has 0 bridgehead atoms. The molecule has 5 nitrogen and oxygen atoms in total. The minimum Gasteiger partial charge on any atom is -0.481 e. The maximum Gasteiger partial charge on any atom is 0.407 e. The quantitative estimate of drug-likeness (QED) is 0.793. The van der Waals surface area contributed by atoms with Crippen LogP contribution in [0.4, 0.5) is 4.79 Å². The van der Waals surface area contributed by atoms with Gasteiger partial charge in [-0.15, -0.1) is 0 Å². The molecule has 1 atom stereocenters. The molecule has 19 heavy (non-hydrogen) atoms. The van der Waals surface area contributed by atoms with Gasteiger partial charge in [0.25, 0.3) is 0 Å². The van der Waals surface area contributed by atoms with Crippen LogP contribution in [-0.2, 0) is 16.1 Å². The summed E-state index contributed by atoms with van der Waals surface area (Å²) in [6.45, 7) is 2.54. The Kier molecular flexibility index (Phi) is 6.43. The average molecular weight is 265 g/mol. The number of aliphatic carboxylic acids is 1. The van der Waals surface area contributed by atoms with E-state index in [4.69, 9.17) is 9.84 Å². The van der Waals surface area contributed by atoms with Crippen LogP contribution in [0.3, 0.4) is 0 Å². The van der Waals surface area contributed by atoms with Crippen LogP contribution in [-0.4, -0.2) is 23.7 Å². The lowest BCUT2D eigenvalue weighted by atomic mass is 10.1. The topological polar surface area (TPSA) is 75.6 Å². The predicted molar refractivity (Wildman–Crippen MR) is 70.7 cm³/mol. The van der Waals surface area contributed by atoms with Gasteiger partial charge < -0.3 is 15.2 Å². The molecule has 1 amide bonds. The summed E-state index contributed by atoms with van der Waals surface area (Å²) in [7, 11) is 0. The van der Waals surface area contributed by atoms with Crippen LogP contribution in [0, 0.1) is 5.92 Å². The molecule has 0 spiro atoms. The normalized spacial score (nSPS) is 11.6. The molecule has 1 aromatic rings. The smallest absolute Gasteiger partial charge is 0.407 e. The van der Waals surface area contributed by atoms with Crippen LogP contribution in [0.2, 0.25) is 0 Å². The molecular weight excluding hydrogens is 246 g/mol. The van der Waals surface area contributed by atoms with E-state index >= 15 is 0 Å². The number of carboxylic acids is 1. The molecule has 1 rings (SSSR count). The first-order chi connectivity index (χ1) is 9.08. The Morgan fingerprint density at radius 2 is 2.00 bits per heavy atom. The number of alkyl carbamates (subject to hydrolysis) is 1.